The van der Waals surface area contributed by atoms with E-state index in [2.05, 4.69) is 10.6 Å². The fraction of sp³-hybridized carbons (Fsp3) is 0.235. The zero-order valence-corrected chi connectivity index (χ0v) is 13.5. The molecule has 2 aromatic carbocycles. The van der Waals surface area contributed by atoms with Gasteiger partial charge in [0.05, 0.1) is 10.6 Å². The summed E-state index contributed by atoms with van der Waals surface area (Å²) in [6.45, 7) is 2.62. The first-order valence-corrected chi connectivity index (χ1v) is 7.75. The average molecular weight is 343 g/mol. The second kappa shape index (κ2) is 7.08. The molecule has 2 N–H and O–H groups in total. The highest BCUT2D eigenvalue weighted by molar-refractivity contribution is 5.96. The number of hydrogen-bond acceptors (Lipinski definition) is 6. The lowest BCUT2D eigenvalue weighted by Gasteiger charge is -2.23. The molecule has 0 aliphatic carbocycles. The first kappa shape index (κ1) is 16.6. The summed E-state index contributed by atoms with van der Waals surface area (Å²) < 4.78 is 11.1. The molecule has 1 aliphatic rings. The van der Waals surface area contributed by atoms with Crippen molar-refractivity contribution in [3.8, 4) is 11.5 Å². The number of anilines is 2. The predicted octanol–water partition coefficient (Wildman–Crippen LogP) is 2.81. The van der Waals surface area contributed by atoms with E-state index in [9.17, 15) is 14.9 Å². The van der Waals surface area contributed by atoms with E-state index in [4.69, 9.17) is 9.47 Å². The standard InChI is InChI=1S/C17H17N3O5/c1-11(17(21)19-12-4-2-5-13(10-12)20(22)23)18-14-6-3-7-15-16(14)25-9-8-24-15/h2-7,10-11,18H,8-9H2,1H3,(H,19,21). The number of carbonyl (C=O) groups excluding carboxylic acids is 1. The van der Waals surface area contributed by atoms with Gasteiger partial charge in [-0.15, -0.1) is 0 Å². The highest BCUT2D eigenvalue weighted by Crippen LogP contribution is 2.37. The van der Waals surface area contributed by atoms with Gasteiger partial charge in [0.2, 0.25) is 5.91 Å². The van der Waals surface area contributed by atoms with Crippen LogP contribution in [-0.4, -0.2) is 30.1 Å². The van der Waals surface area contributed by atoms with Gasteiger partial charge in [-0.3, -0.25) is 14.9 Å². The third-order valence-electron chi connectivity index (χ3n) is 3.66. The Morgan fingerprint density at radius 3 is 2.76 bits per heavy atom. The summed E-state index contributed by atoms with van der Waals surface area (Å²) in [7, 11) is 0. The number of rotatable bonds is 5. The summed E-state index contributed by atoms with van der Waals surface area (Å²) >= 11 is 0. The molecular formula is C17H17N3O5. The molecule has 1 atom stereocenters. The number of ether oxygens (including phenoxy) is 2. The van der Waals surface area contributed by atoms with Gasteiger partial charge in [-0.05, 0) is 25.1 Å². The van der Waals surface area contributed by atoms with E-state index in [0.29, 0.717) is 36.1 Å². The maximum absolute atomic E-state index is 12.4. The number of benzene rings is 2. The number of para-hydroxylation sites is 1. The van der Waals surface area contributed by atoms with Crippen LogP contribution in [-0.2, 0) is 4.79 Å². The minimum atomic E-state index is -0.587. The molecule has 2 aromatic rings. The molecule has 8 heteroatoms. The zero-order chi connectivity index (χ0) is 17.8. The van der Waals surface area contributed by atoms with E-state index < -0.39 is 11.0 Å². The summed E-state index contributed by atoms with van der Waals surface area (Å²) in [5, 5.41) is 16.5. The van der Waals surface area contributed by atoms with Crippen LogP contribution in [0, 0.1) is 10.1 Å². The van der Waals surface area contributed by atoms with Gasteiger partial charge in [0, 0.05) is 17.8 Å². The number of non-ortho nitro benzene ring substituents is 1. The van der Waals surface area contributed by atoms with Crippen molar-refractivity contribution in [3.05, 3.63) is 52.6 Å². The van der Waals surface area contributed by atoms with Gasteiger partial charge in [0.25, 0.3) is 5.69 Å². The Kier molecular flexibility index (Phi) is 4.69. The van der Waals surface area contributed by atoms with Crippen molar-refractivity contribution in [2.75, 3.05) is 23.8 Å². The second-order valence-electron chi connectivity index (χ2n) is 5.49. The summed E-state index contributed by atoms with van der Waals surface area (Å²) in [4.78, 5) is 22.6. The Balaban J connectivity index is 1.69. The first-order valence-electron chi connectivity index (χ1n) is 7.75. The molecule has 8 nitrogen and oxygen atoms in total. The van der Waals surface area contributed by atoms with Crippen molar-refractivity contribution in [1.29, 1.82) is 0 Å². The molecule has 0 saturated heterocycles. The molecule has 25 heavy (non-hydrogen) atoms. The number of nitro groups is 1. The Morgan fingerprint density at radius 2 is 1.96 bits per heavy atom. The second-order valence-corrected chi connectivity index (χ2v) is 5.49. The predicted molar refractivity (Wildman–Crippen MR) is 92.2 cm³/mol. The van der Waals surface area contributed by atoms with E-state index in [0.717, 1.165) is 0 Å². The first-order chi connectivity index (χ1) is 12.0. The third-order valence-corrected chi connectivity index (χ3v) is 3.66. The number of nitro benzene ring substituents is 1. The molecule has 1 aliphatic heterocycles. The molecule has 0 aromatic heterocycles. The Hall–Kier alpha value is -3.29. The average Bonchev–Trinajstić information content (AvgIpc) is 2.62. The lowest BCUT2D eigenvalue weighted by atomic mass is 10.2. The lowest BCUT2D eigenvalue weighted by Crippen LogP contribution is -2.32. The highest BCUT2D eigenvalue weighted by Gasteiger charge is 2.20. The van der Waals surface area contributed by atoms with Gasteiger partial charge in [-0.25, -0.2) is 0 Å². The van der Waals surface area contributed by atoms with Crippen LogP contribution in [0.2, 0.25) is 0 Å². The summed E-state index contributed by atoms with van der Waals surface area (Å²) in [6, 6.07) is 10.6. The van der Waals surface area contributed by atoms with Gasteiger partial charge in [0.15, 0.2) is 11.5 Å². The quantitative estimate of drug-likeness (QED) is 0.639. The van der Waals surface area contributed by atoms with Gasteiger partial charge in [0.1, 0.15) is 19.3 Å². The number of fused-ring (bicyclic) bond motifs is 1. The molecule has 1 amide bonds. The summed E-state index contributed by atoms with van der Waals surface area (Å²) in [5.41, 5.74) is 0.933. The number of amides is 1. The van der Waals surface area contributed by atoms with Crippen molar-refractivity contribution >= 4 is 23.0 Å². The smallest absolute Gasteiger partial charge is 0.271 e. The van der Waals surface area contributed by atoms with Crippen molar-refractivity contribution in [2.24, 2.45) is 0 Å². The van der Waals surface area contributed by atoms with Crippen LogP contribution in [0.3, 0.4) is 0 Å². The van der Waals surface area contributed by atoms with Crippen LogP contribution < -0.4 is 20.1 Å². The zero-order valence-electron chi connectivity index (χ0n) is 13.5. The number of hydrogen-bond donors (Lipinski definition) is 2. The molecular weight excluding hydrogens is 326 g/mol. The fourth-order valence-electron chi connectivity index (χ4n) is 2.43. The summed E-state index contributed by atoms with van der Waals surface area (Å²) in [5.74, 6) is 0.876. The van der Waals surface area contributed by atoms with Crippen LogP contribution in [0.25, 0.3) is 0 Å². The van der Waals surface area contributed by atoms with E-state index in [-0.39, 0.29) is 11.6 Å². The molecule has 0 bridgehead atoms. The fourth-order valence-corrected chi connectivity index (χ4v) is 2.43. The van der Waals surface area contributed by atoms with Gasteiger partial charge in [-0.1, -0.05) is 12.1 Å². The van der Waals surface area contributed by atoms with Crippen molar-refractivity contribution in [2.45, 2.75) is 13.0 Å². The topological polar surface area (TPSA) is 103 Å². The van der Waals surface area contributed by atoms with Crippen molar-refractivity contribution in [1.82, 2.24) is 0 Å². The molecule has 0 saturated carbocycles. The van der Waals surface area contributed by atoms with Gasteiger partial charge < -0.3 is 20.1 Å². The Bertz CT molecular complexity index is 809. The Labute approximate surface area is 143 Å². The molecule has 130 valence electrons. The molecule has 1 unspecified atom stereocenters. The monoisotopic (exact) mass is 343 g/mol. The number of nitrogens with one attached hydrogen (secondary N) is 2. The molecule has 3 rings (SSSR count). The van der Waals surface area contributed by atoms with Crippen molar-refractivity contribution in [3.63, 3.8) is 0 Å². The minimum absolute atomic E-state index is 0.0823. The largest absolute Gasteiger partial charge is 0.486 e. The van der Waals surface area contributed by atoms with Gasteiger partial charge >= 0.3 is 0 Å². The van der Waals surface area contributed by atoms with Crippen LogP contribution in [0.1, 0.15) is 6.92 Å². The molecule has 1 heterocycles. The molecule has 0 radical (unpaired) electrons. The van der Waals surface area contributed by atoms with Gasteiger partial charge in [-0.2, -0.15) is 0 Å². The number of carbonyl (C=O) groups is 1. The van der Waals surface area contributed by atoms with Crippen LogP contribution in [0.5, 0.6) is 11.5 Å². The number of nitrogens with zero attached hydrogens (tertiary/aromatic N) is 1. The van der Waals surface area contributed by atoms with Crippen molar-refractivity contribution < 1.29 is 19.2 Å². The maximum Gasteiger partial charge on any atom is 0.271 e. The Morgan fingerprint density at radius 1 is 1.20 bits per heavy atom. The van der Waals surface area contributed by atoms with Crippen LogP contribution in [0.15, 0.2) is 42.5 Å². The van der Waals surface area contributed by atoms with E-state index in [1.54, 1.807) is 31.2 Å². The highest BCUT2D eigenvalue weighted by atomic mass is 16.6. The molecule has 0 fully saturated rings. The summed E-state index contributed by atoms with van der Waals surface area (Å²) in [6.07, 6.45) is 0. The molecule has 0 spiro atoms. The van der Waals surface area contributed by atoms with E-state index in [1.807, 2.05) is 0 Å². The maximum atomic E-state index is 12.4. The SMILES string of the molecule is CC(Nc1cccc2c1OCCO2)C(=O)Nc1cccc([N+](=O)[O-])c1. The lowest BCUT2D eigenvalue weighted by molar-refractivity contribution is -0.384. The normalized spacial score (nSPS) is 13.6. The van der Waals surface area contributed by atoms with E-state index >= 15 is 0 Å². The minimum Gasteiger partial charge on any atom is -0.486 e. The van der Waals surface area contributed by atoms with Crippen LogP contribution >= 0.6 is 0 Å². The van der Waals surface area contributed by atoms with E-state index in [1.165, 1.54) is 18.2 Å². The third kappa shape index (κ3) is 3.79. The van der Waals surface area contributed by atoms with Crippen LogP contribution in [0.4, 0.5) is 17.1 Å².